The van der Waals surface area contributed by atoms with Crippen LogP contribution in [0.25, 0.3) is 12.2 Å². The zero-order valence-electron chi connectivity index (χ0n) is 7.90. The summed E-state index contributed by atoms with van der Waals surface area (Å²) in [4.78, 5) is 3.93. The average Bonchev–Trinajstić information content (AvgIpc) is 2.25. The van der Waals surface area contributed by atoms with Crippen LogP contribution in [0.4, 0.5) is 0 Å². The molecule has 0 aromatic carbocycles. The molecule has 3 nitrogen and oxygen atoms in total. The summed E-state index contributed by atoms with van der Waals surface area (Å²) in [6.07, 6.45) is 6.50. The van der Waals surface area contributed by atoms with E-state index >= 15 is 0 Å². The van der Waals surface area contributed by atoms with Crippen LogP contribution in [0.3, 0.4) is 0 Å². The van der Waals surface area contributed by atoms with E-state index in [1.165, 1.54) is 0 Å². The summed E-state index contributed by atoms with van der Waals surface area (Å²) in [5, 5.41) is 8.78. The Bertz CT molecular complexity index is 402. The molecule has 14 heavy (non-hydrogen) atoms. The Labute approximate surface area is 83.0 Å². The normalized spacial score (nSPS) is 9.71. The molecular formula is C11H10N2O. The third kappa shape index (κ3) is 1.99. The Morgan fingerprint density at radius 2 is 2.43 bits per heavy atom. The summed E-state index contributed by atoms with van der Waals surface area (Å²) >= 11 is 0. The molecule has 1 rings (SSSR count). The maximum absolute atomic E-state index is 8.78. The summed E-state index contributed by atoms with van der Waals surface area (Å²) < 4.78 is 4.80. The first-order valence-electron chi connectivity index (χ1n) is 4.04. The molecule has 0 fully saturated rings. The Hall–Kier alpha value is -2.08. The van der Waals surface area contributed by atoms with Gasteiger partial charge < -0.3 is 4.74 Å². The Morgan fingerprint density at radius 1 is 1.64 bits per heavy atom. The highest BCUT2D eigenvalue weighted by atomic mass is 16.5. The number of rotatable bonds is 3. The number of nitriles is 1. The molecule has 70 valence electrons. The van der Waals surface area contributed by atoms with Crippen molar-refractivity contribution in [2.24, 2.45) is 0 Å². The second-order valence-corrected chi connectivity index (χ2v) is 2.52. The van der Waals surface area contributed by atoms with Gasteiger partial charge in [-0.25, -0.2) is 4.98 Å². The zero-order valence-corrected chi connectivity index (χ0v) is 7.90. The van der Waals surface area contributed by atoms with Gasteiger partial charge in [-0.05, 0) is 17.7 Å². The smallest absolute Gasteiger partial charge is 0.148 e. The number of aromatic nitrogens is 1. The van der Waals surface area contributed by atoms with Crippen molar-refractivity contribution in [1.29, 1.82) is 5.26 Å². The van der Waals surface area contributed by atoms with E-state index in [1.807, 2.05) is 6.07 Å². The molecule has 1 aromatic rings. The predicted molar refractivity (Wildman–Crippen MR) is 55.1 cm³/mol. The Kier molecular flexibility index (Phi) is 3.45. The van der Waals surface area contributed by atoms with E-state index in [1.54, 1.807) is 37.8 Å². The minimum absolute atomic E-state index is 0.373. The van der Waals surface area contributed by atoms with E-state index < -0.39 is 0 Å². The maximum Gasteiger partial charge on any atom is 0.148 e. The number of pyridine rings is 1. The molecule has 0 aliphatic carbocycles. The number of ether oxygens (including phenoxy) is 1. The lowest BCUT2D eigenvalue weighted by atomic mass is 10.1. The van der Waals surface area contributed by atoms with Gasteiger partial charge in [0.25, 0.3) is 0 Å². The van der Waals surface area contributed by atoms with E-state index in [9.17, 15) is 0 Å². The summed E-state index contributed by atoms with van der Waals surface area (Å²) in [5.74, 6) is 0. The fourth-order valence-electron chi connectivity index (χ4n) is 1.08. The van der Waals surface area contributed by atoms with E-state index in [0.29, 0.717) is 5.69 Å². The quantitative estimate of drug-likeness (QED) is 0.680. The topological polar surface area (TPSA) is 45.9 Å². The molecule has 3 heteroatoms. The van der Waals surface area contributed by atoms with Gasteiger partial charge in [0, 0.05) is 11.8 Å². The highest BCUT2D eigenvalue weighted by Gasteiger charge is 2.02. The fraction of sp³-hybridized carbons (Fsp3) is 0.0909. The fourth-order valence-corrected chi connectivity index (χ4v) is 1.08. The van der Waals surface area contributed by atoms with Gasteiger partial charge in [0.2, 0.25) is 0 Å². The van der Waals surface area contributed by atoms with Gasteiger partial charge in [0.05, 0.1) is 13.4 Å². The highest BCUT2D eigenvalue weighted by Crippen LogP contribution is 2.14. The van der Waals surface area contributed by atoms with Crippen LogP contribution in [0.1, 0.15) is 16.8 Å². The minimum atomic E-state index is 0.373. The zero-order chi connectivity index (χ0) is 10.4. The molecule has 1 aromatic heterocycles. The van der Waals surface area contributed by atoms with Crippen molar-refractivity contribution < 1.29 is 4.74 Å². The molecule has 0 radical (unpaired) electrons. The van der Waals surface area contributed by atoms with Crippen molar-refractivity contribution in [2.75, 3.05) is 7.11 Å². The van der Waals surface area contributed by atoms with Crippen LogP contribution >= 0.6 is 0 Å². The van der Waals surface area contributed by atoms with Crippen molar-refractivity contribution in [3.05, 3.63) is 41.9 Å². The van der Waals surface area contributed by atoms with Crippen LogP contribution in [0, 0.1) is 11.3 Å². The third-order valence-corrected chi connectivity index (χ3v) is 1.72. The molecule has 0 spiro atoms. The van der Waals surface area contributed by atoms with E-state index in [4.69, 9.17) is 10.00 Å². The largest absolute Gasteiger partial charge is 0.504 e. The van der Waals surface area contributed by atoms with Crippen LogP contribution in [0.5, 0.6) is 0 Å². The number of nitrogens with zero attached hydrogens (tertiary/aromatic N) is 2. The third-order valence-electron chi connectivity index (χ3n) is 1.72. The monoisotopic (exact) mass is 186 g/mol. The number of hydrogen-bond donors (Lipinski definition) is 0. The van der Waals surface area contributed by atoms with E-state index in [-0.39, 0.29) is 0 Å². The minimum Gasteiger partial charge on any atom is -0.504 e. The SMILES string of the molecule is C=Cc1c(/C=C/OC)ccnc1C#N. The molecule has 0 bridgehead atoms. The van der Waals surface area contributed by atoms with Gasteiger partial charge in [-0.1, -0.05) is 12.7 Å². The highest BCUT2D eigenvalue weighted by molar-refractivity contribution is 5.67. The van der Waals surface area contributed by atoms with Gasteiger partial charge in [0.15, 0.2) is 0 Å². The first kappa shape index (κ1) is 10.0. The van der Waals surface area contributed by atoms with Crippen molar-refractivity contribution in [1.82, 2.24) is 4.98 Å². The molecular weight excluding hydrogens is 176 g/mol. The molecule has 1 heterocycles. The van der Waals surface area contributed by atoms with Crippen molar-refractivity contribution in [2.45, 2.75) is 0 Å². The van der Waals surface area contributed by atoms with Crippen LogP contribution in [-0.4, -0.2) is 12.1 Å². The summed E-state index contributed by atoms with van der Waals surface area (Å²) in [6.45, 7) is 3.64. The van der Waals surface area contributed by atoms with Gasteiger partial charge in [-0.15, -0.1) is 0 Å². The maximum atomic E-state index is 8.78. The van der Waals surface area contributed by atoms with E-state index in [2.05, 4.69) is 11.6 Å². The van der Waals surface area contributed by atoms with Crippen LogP contribution in [-0.2, 0) is 4.74 Å². The summed E-state index contributed by atoms with van der Waals surface area (Å²) in [5.41, 5.74) is 1.97. The molecule has 0 unspecified atom stereocenters. The van der Waals surface area contributed by atoms with Gasteiger partial charge in [-0.3, -0.25) is 0 Å². The molecule has 0 amide bonds. The molecule has 0 aliphatic rings. The Morgan fingerprint density at radius 3 is 3.00 bits per heavy atom. The molecule has 0 aliphatic heterocycles. The van der Waals surface area contributed by atoms with Crippen LogP contribution < -0.4 is 0 Å². The molecule has 0 atom stereocenters. The summed E-state index contributed by atoms with van der Waals surface area (Å²) in [6, 6.07) is 3.81. The average molecular weight is 186 g/mol. The summed E-state index contributed by atoms with van der Waals surface area (Å²) in [7, 11) is 1.57. The lowest BCUT2D eigenvalue weighted by molar-refractivity contribution is 0.341. The van der Waals surface area contributed by atoms with Crippen molar-refractivity contribution in [3.8, 4) is 6.07 Å². The molecule has 0 saturated heterocycles. The molecule has 0 N–H and O–H groups in total. The van der Waals surface area contributed by atoms with Crippen LogP contribution in [0.15, 0.2) is 25.1 Å². The van der Waals surface area contributed by atoms with Crippen molar-refractivity contribution in [3.63, 3.8) is 0 Å². The Balaban J connectivity index is 3.23. The van der Waals surface area contributed by atoms with E-state index in [0.717, 1.165) is 11.1 Å². The molecule has 0 saturated carbocycles. The number of methoxy groups -OCH3 is 1. The first-order valence-corrected chi connectivity index (χ1v) is 4.04. The lowest BCUT2D eigenvalue weighted by Gasteiger charge is -2.01. The predicted octanol–water partition coefficient (Wildman–Crippen LogP) is 2.21. The first-order chi connectivity index (χ1) is 6.83. The number of hydrogen-bond acceptors (Lipinski definition) is 3. The van der Waals surface area contributed by atoms with Gasteiger partial charge in [-0.2, -0.15) is 5.26 Å². The second kappa shape index (κ2) is 4.83. The van der Waals surface area contributed by atoms with Gasteiger partial charge >= 0.3 is 0 Å². The lowest BCUT2D eigenvalue weighted by Crippen LogP contribution is -1.90. The van der Waals surface area contributed by atoms with Gasteiger partial charge in [0.1, 0.15) is 11.8 Å². The van der Waals surface area contributed by atoms with Crippen molar-refractivity contribution >= 4 is 12.2 Å². The van der Waals surface area contributed by atoms with Crippen LogP contribution in [0.2, 0.25) is 0 Å². The standard InChI is InChI=1S/C11H10N2O/c1-3-10-9(5-7-14-2)4-6-13-11(10)8-12/h3-7H,1H2,2H3/b7-5+. The second-order valence-electron chi connectivity index (χ2n) is 2.52.